The molecule has 0 saturated heterocycles. The summed E-state index contributed by atoms with van der Waals surface area (Å²) < 4.78 is 6.94. The molecule has 0 aliphatic heterocycles. The second-order valence-corrected chi connectivity index (χ2v) is 5.64. The number of aryl methyl sites for hydroxylation is 1. The van der Waals surface area contributed by atoms with Crippen LogP contribution in [0.15, 0.2) is 47.1 Å². The Morgan fingerprint density at radius 3 is 2.83 bits per heavy atom. The molecule has 1 N–H and O–H groups in total. The van der Waals surface area contributed by atoms with Crippen LogP contribution in [0.25, 0.3) is 5.69 Å². The highest BCUT2D eigenvalue weighted by molar-refractivity contribution is 6.30. The number of nitrogens with one attached hydrogen (secondary N) is 1. The van der Waals surface area contributed by atoms with Gasteiger partial charge in [-0.15, -0.1) is 0 Å². The number of hydrogen-bond donors (Lipinski definition) is 1. The van der Waals surface area contributed by atoms with Gasteiger partial charge in [-0.1, -0.05) is 17.7 Å². The molecule has 118 valence electrons. The van der Waals surface area contributed by atoms with Gasteiger partial charge >= 0.3 is 0 Å². The Morgan fingerprint density at radius 2 is 2.13 bits per heavy atom. The molecule has 2 heterocycles. The van der Waals surface area contributed by atoms with Gasteiger partial charge in [0.1, 0.15) is 5.76 Å². The van der Waals surface area contributed by atoms with Crippen molar-refractivity contribution in [3.63, 3.8) is 0 Å². The number of benzene rings is 1. The number of carbonyl (C=O) groups is 1. The van der Waals surface area contributed by atoms with Crippen molar-refractivity contribution in [2.75, 3.05) is 0 Å². The summed E-state index contributed by atoms with van der Waals surface area (Å²) in [7, 11) is 0. The van der Waals surface area contributed by atoms with Gasteiger partial charge in [0.2, 0.25) is 0 Å². The summed E-state index contributed by atoms with van der Waals surface area (Å²) in [6.07, 6.45) is 1.58. The van der Waals surface area contributed by atoms with E-state index in [0.717, 1.165) is 11.4 Å². The van der Waals surface area contributed by atoms with Crippen LogP contribution in [0, 0.1) is 13.8 Å². The Kier molecular flexibility index (Phi) is 4.21. The molecule has 3 aromatic rings. The molecular formula is C17H16ClN3O2. The standard InChI is InChI=1S/C17H16ClN3O2/c1-11-16(17(22)19-10-15-7-4-8-23-15)12(2)21(20-11)14-6-3-5-13(18)9-14/h3-9H,10H2,1-2H3,(H,19,22). The lowest BCUT2D eigenvalue weighted by atomic mass is 10.2. The molecule has 0 unspecified atom stereocenters. The highest BCUT2D eigenvalue weighted by Crippen LogP contribution is 2.20. The zero-order valence-corrected chi connectivity index (χ0v) is 13.6. The zero-order chi connectivity index (χ0) is 16.4. The van der Waals surface area contributed by atoms with Crippen LogP contribution < -0.4 is 5.32 Å². The van der Waals surface area contributed by atoms with E-state index in [1.54, 1.807) is 23.1 Å². The fourth-order valence-corrected chi connectivity index (χ4v) is 2.68. The largest absolute Gasteiger partial charge is 0.467 e. The Morgan fingerprint density at radius 1 is 1.30 bits per heavy atom. The van der Waals surface area contributed by atoms with Gasteiger partial charge < -0.3 is 9.73 Å². The van der Waals surface area contributed by atoms with Crippen LogP contribution in [0.1, 0.15) is 27.5 Å². The van der Waals surface area contributed by atoms with Crippen molar-refractivity contribution >= 4 is 17.5 Å². The van der Waals surface area contributed by atoms with E-state index >= 15 is 0 Å². The Balaban J connectivity index is 1.87. The average Bonchev–Trinajstić information content (AvgIpc) is 3.13. The summed E-state index contributed by atoms with van der Waals surface area (Å²) in [4.78, 5) is 12.5. The molecule has 1 aromatic carbocycles. The van der Waals surface area contributed by atoms with Gasteiger partial charge in [-0.25, -0.2) is 4.68 Å². The van der Waals surface area contributed by atoms with Gasteiger partial charge in [0, 0.05) is 5.02 Å². The first kappa shape index (κ1) is 15.4. The number of carbonyl (C=O) groups excluding carboxylic acids is 1. The first-order chi connectivity index (χ1) is 11.1. The molecule has 1 amide bonds. The SMILES string of the molecule is Cc1nn(-c2cccc(Cl)c2)c(C)c1C(=O)NCc1ccco1. The molecule has 0 radical (unpaired) electrons. The van der Waals surface area contributed by atoms with Gasteiger partial charge in [0.25, 0.3) is 5.91 Å². The first-order valence-corrected chi connectivity index (χ1v) is 7.57. The van der Waals surface area contributed by atoms with Gasteiger partial charge in [0.15, 0.2) is 0 Å². The molecular weight excluding hydrogens is 314 g/mol. The minimum absolute atomic E-state index is 0.176. The summed E-state index contributed by atoms with van der Waals surface area (Å²) in [5, 5.41) is 7.93. The van der Waals surface area contributed by atoms with E-state index in [0.29, 0.717) is 28.6 Å². The minimum Gasteiger partial charge on any atom is -0.467 e. The number of furan rings is 1. The maximum Gasteiger partial charge on any atom is 0.255 e. The smallest absolute Gasteiger partial charge is 0.255 e. The van der Waals surface area contributed by atoms with E-state index in [1.807, 2.05) is 38.1 Å². The Hall–Kier alpha value is -2.53. The molecule has 0 spiro atoms. The molecule has 0 aliphatic rings. The van der Waals surface area contributed by atoms with Gasteiger partial charge in [0.05, 0.1) is 35.4 Å². The van der Waals surface area contributed by atoms with E-state index < -0.39 is 0 Å². The van der Waals surface area contributed by atoms with E-state index in [1.165, 1.54) is 0 Å². The van der Waals surface area contributed by atoms with Gasteiger partial charge in [-0.05, 0) is 44.2 Å². The van der Waals surface area contributed by atoms with Crippen molar-refractivity contribution in [3.8, 4) is 5.69 Å². The topological polar surface area (TPSA) is 60.1 Å². The third-order valence-corrected chi connectivity index (χ3v) is 3.81. The second-order valence-electron chi connectivity index (χ2n) is 5.20. The molecule has 0 fully saturated rings. The number of rotatable bonds is 4. The minimum atomic E-state index is -0.176. The Bertz CT molecular complexity index is 838. The number of aromatic nitrogens is 2. The van der Waals surface area contributed by atoms with E-state index in [9.17, 15) is 4.79 Å². The molecule has 6 heteroatoms. The fraction of sp³-hybridized carbons (Fsp3) is 0.176. The van der Waals surface area contributed by atoms with Crippen molar-refractivity contribution in [1.29, 1.82) is 0 Å². The summed E-state index contributed by atoms with van der Waals surface area (Å²) in [6.45, 7) is 4.02. The highest BCUT2D eigenvalue weighted by atomic mass is 35.5. The number of halogens is 1. The van der Waals surface area contributed by atoms with Crippen molar-refractivity contribution in [1.82, 2.24) is 15.1 Å². The number of amides is 1. The molecule has 5 nitrogen and oxygen atoms in total. The van der Waals surface area contributed by atoms with Crippen LogP contribution in [0.3, 0.4) is 0 Å². The predicted octanol–water partition coefficient (Wildman–Crippen LogP) is 3.67. The second kappa shape index (κ2) is 6.30. The maximum atomic E-state index is 12.5. The predicted molar refractivity (Wildman–Crippen MR) is 87.9 cm³/mol. The molecule has 0 bridgehead atoms. The monoisotopic (exact) mass is 329 g/mol. The van der Waals surface area contributed by atoms with Gasteiger partial charge in [-0.3, -0.25) is 4.79 Å². The van der Waals surface area contributed by atoms with E-state index in [4.69, 9.17) is 16.0 Å². The lowest BCUT2D eigenvalue weighted by Crippen LogP contribution is -2.23. The summed E-state index contributed by atoms with van der Waals surface area (Å²) >= 11 is 6.03. The summed E-state index contributed by atoms with van der Waals surface area (Å²) in [6, 6.07) is 11.0. The molecule has 3 rings (SSSR count). The van der Waals surface area contributed by atoms with Gasteiger partial charge in [-0.2, -0.15) is 5.10 Å². The fourth-order valence-electron chi connectivity index (χ4n) is 2.50. The lowest BCUT2D eigenvalue weighted by Gasteiger charge is -2.06. The van der Waals surface area contributed by atoms with Crippen LogP contribution in [-0.2, 0) is 6.54 Å². The van der Waals surface area contributed by atoms with Crippen molar-refractivity contribution in [2.24, 2.45) is 0 Å². The molecule has 0 atom stereocenters. The average molecular weight is 330 g/mol. The Labute approximate surface area is 138 Å². The van der Waals surface area contributed by atoms with Crippen LogP contribution in [0.2, 0.25) is 5.02 Å². The van der Waals surface area contributed by atoms with Crippen molar-refractivity contribution in [2.45, 2.75) is 20.4 Å². The quantitative estimate of drug-likeness (QED) is 0.794. The van der Waals surface area contributed by atoms with Crippen LogP contribution in [-0.4, -0.2) is 15.7 Å². The van der Waals surface area contributed by atoms with Crippen molar-refractivity contribution < 1.29 is 9.21 Å². The van der Waals surface area contributed by atoms with Crippen molar-refractivity contribution in [3.05, 3.63) is 70.4 Å². The number of nitrogens with zero attached hydrogens (tertiary/aromatic N) is 2. The molecule has 0 aliphatic carbocycles. The molecule has 23 heavy (non-hydrogen) atoms. The molecule has 0 saturated carbocycles. The van der Waals surface area contributed by atoms with Crippen LogP contribution in [0.4, 0.5) is 0 Å². The lowest BCUT2D eigenvalue weighted by molar-refractivity contribution is 0.0947. The van der Waals surface area contributed by atoms with E-state index in [2.05, 4.69) is 10.4 Å². The summed E-state index contributed by atoms with van der Waals surface area (Å²) in [5.41, 5.74) is 2.82. The summed E-state index contributed by atoms with van der Waals surface area (Å²) in [5.74, 6) is 0.528. The highest BCUT2D eigenvalue weighted by Gasteiger charge is 2.19. The number of hydrogen-bond acceptors (Lipinski definition) is 3. The zero-order valence-electron chi connectivity index (χ0n) is 12.8. The maximum absolute atomic E-state index is 12.5. The van der Waals surface area contributed by atoms with E-state index in [-0.39, 0.29) is 5.91 Å². The van der Waals surface area contributed by atoms with Crippen LogP contribution in [0.5, 0.6) is 0 Å². The third-order valence-electron chi connectivity index (χ3n) is 3.57. The normalized spacial score (nSPS) is 10.7. The molecule has 2 aromatic heterocycles. The van der Waals surface area contributed by atoms with Crippen LogP contribution >= 0.6 is 11.6 Å². The third kappa shape index (κ3) is 3.14. The first-order valence-electron chi connectivity index (χ1n) is 7.19.